The van der Waals surface area contributed by atoms with Gasteiger partial charge in [0.2, 0.25) is 0 Å². The average Bonchev–Trinajstić information content (AvgIpc) is 2.37. The zero-order valence-electron chi connectivity index (χ0n) is 10.2. The highest BCUT2D eigenvalue weighted by Gasteiger charge is 2.10. The first-order chi connectivity index (χ1) is 8.66. The van der Waals surface area contributed by atoms with Crippen LogP contribution in [-0.4, -0.2) is 24.3 Å². The highest BCUT2D eigenvalue weighted by atomic mass is 35.5. The van der Waals surface area contributed by atoms with Gasteiger partial charge in [-0.1, -0.05) is 35.9 Å². The first kappa shape index (κ1) is 11.2. The summed E-state index contributed by atoms with van der Waals surface area (Å²) in [4.78, 5) is 1.94. The van der Waals surface area contributed by atoms with Gasteiger partial charge < -0.3 is 4.90 Å². The van der Waals surface area contributed by atoms with Crippen LogP contribution in [0.3, 0.4) is 0 Å². The fourth-order valence-electron chi connectivity index (χ4n) is 2.13. The number of fused-ring (bicyclic) bond motifs is 2. The number of halogens is 1. The normalized spacial score (nSPS) is 11.1. The van der Waals surface area contributed by atoms with Gasteiger partial charge in [0.05, 0.1) is 0 Å². The molecule has 0 spiro atoms. The van der Waals surface area contributed by atoms with Crippen molar-refractivity contribution >= 4 is 39.0 Å². The Hall–Kier alpha value is -1.87. The highest BCUT2D eigenvalue weighted by molar-refractivity contribution is 6.35. The van der Waals surface area contributed by atoms with E-state index in [1.54, 1.807) is 0 Å². The molecule has 0 aliphatic carbocycles. The Bertz CT molecular complexity index is 738. The molecule has 0 aliphatic rings. The van der Waals surface area contributed by atoms with Gasteiger partial charge >= 0.3 is 0 Å². The Morgan fingerprint density at radius 1 is 0.944 bits per heavy atom. The maximum Gasteiger partial charge on any atom is 0.159 e. The third kappa shape index (κ3) is 1.68. The smallest absolute Gasteiger partial charge is 0.159 e. The standard InChI is InChI=1S/C14H12ClN3/c1-18(2)14-12-8-10-6-4-3-5-9(10)7-11(12)13(15)16-17-14/h3-8H,1-2H3. The summed E-state index contributed by atoms with van der Waals surface area (Å²) in [7, 11) is 3.90. The molecule has 0 N–H and O–H groups in total. The minimum absolute atomic E-state index is 0.446. The number of benzene rings is 2. The van der Waals surface area contributed by atoms with Crippen LogP contribution in [0.2, 0.25) is 5.15 Å². The molecular weight excluding hydrogens is 246 g/mol. The molecule has 0 bridgehead atoms. The Morgan fingerprint density at radius 3 is 2.17 bits per heavy atom. The molecule has 1 heterocycles. The zero-order valence-corrected chi connectivity index (χ0v) is 10.9. The summed E-state index contributed by atoms with van der Waals surface area (Å²) in [6, 6.07) is 12.4. The number of nitrogens with zero attached hydrogens (tertiary/aromatic N) is 3. The second-order valence-electron chi connectivity index (χ2n) is 4.45. The quantitative estimate of drug-likeness (QED) is 0.625. The van der Waals surface area contributed by atoms with Gasteiger partial charge in [-0.05, 0) is 22.9 Å². The maximum absolute atomic E-state index is 6.14. The van der Waals surface area contributed by atoms with E-state index in [4.69, 9.17) is 11.6 Å². The lowest BCUT2D eigenvalue weighted by Gasteiger charge is -2.14. The number of rotatable bonds is 1. The second-order valence-corrected chi connectivity index (χ2v) is 4.81. The lowest BCUT2D eigenvalue weighted by molar-refractivity contribution is 0.982. The van der Waals surface area contributed by atoms with Gasteiger partial charge in [0.1, 0.15) is 0 Å². The van der Waals surface area contributed by atoms with Gasteiger partial charge in [-0.25, -0.2) is 0 Å². The van der Waals surface area contributed by atoms with E-state index >= 15 is 0 Å². The van der Waals surface area contributed by atoms with E-state index in [0.29, 0.717) is 5.15 Å². The minimum atomic E-state index is 0.446. The van der Waals surface area contributed by atoms with Crippen LogP contribution < -0.4 is 4.90 Å². The predicted molar refractivity (Wildman–Crippen MR) is 76.4 cm³/mol. The first-order valence-electron chi connectivity index (χ1n) is 5.69. The van der Waals surface area contributed by atoms with Crippen molar-refractivity contribution in [1.82, 2.24) is 10.2 Å². The summed E-state index contributed by atoms with van der Waals surface area (Å²) in [5, 5.41) is 12.9. The monoisotopic (exact) mass is 257 g/mol. The largest absolute Gasteiger partial charge is 0.361 e. The van der Waals surface area contributed by atoms with E-state index in [9.17, 15) is 0 Å². The van der Waals surface area contributed by atoms with Crippen molar-refractivity contribution in [2.24, 2.45) is 0 Å². The van der Waals surface area contributed by atoms with Crippen LogP contribution >= 0.6 is 11.6 Å². The molecule has 0 fully saturated rings. The van der Waals surface area contributed by atoms with Gasteiger partial charge in [-0.2, -0.15) is 0 Å². The van der Waals surface area contributed by atoms with E-state index in [2.05, 4.69) is 34.5 Å². The molecule has 0 radical (unpaired) electrons. The Kier molecular flexibility index (Phi) is 2.56. The fraction of sp³-hybridized carbons (Fsp3) is 0.143. The van der Waals surface area contributed by atoms with Crippen LogP contribution in [0.1, 0.15) is 0 Å². The molecule has 2 aromatic carbocycles. The fourth-order valence-corrected chi connectivity index (χ4v) is 2.32. The van der Waals surface area contributed by atoms with Crippen LogP contribution in [0.25, 0.3) is 21.5 Å². The first-order valence-corrected chi connectivity index (χ1v) is 6.06. The van der Waals surface area contributed by atoms with E-state index in [1.807, 2.05) is 31.1 Å². The number of hydrogen-bond acceptors (Lipinski definition) is 3. The summed E-state index contributed by atoms with van der Waals surface area (Å²) in [5.41, 5.74) is 0. The molecule has 0 saturated heterocycles. The van der Waals surface area contributed by atoms with Crippen LogP contribution in [0.4, 0.5) is 5.82 Å². The molecular formula is C14H12ClN3. The highest BCUT2D eigenvalue weighted by Crippen LogP contribution is 2.31. The van der Waals surface area contributed by atoms with Crippen molar-refractivity contribution in [3.63, 3.8) is 0 Å². The van der Waals surface area contributed by atoms with Crippen molar-refractivity contribution in [2.45, 2.75) is 0 Å². The van der Waals surface area contributed by atoms with Crippen LogP contribution in [0.5, 0.6) is 0 Å². The Labute approximate surface area is 110 Å². The molecule has 3 rings (SSSR count). The van der Waals surface area contributed by atoms with Crippen LogP contribution in [-0.2, 0) is 0 Å². The molecule has 3 nitrogen and oxygen atoms in total. The van der Waals surface area contributed by atoms with Crippen molar-refractivity contribution in [2.75, 3.05) is 19.0 Å². The molecule has 0 amide bonds. The molecule has 90 valence electrons. The lowest BCUT2D eigenvalue weighted by atomic mass is 10.1. The summed E-state index contributed by atoms with van der Waals surface area (Å²) in [6.07, 6.45) is 0. The van der Waals surface area contributed by atoms with E-state index in [-0.39, 0.29) is 0 Å². The van der Waals surface area contributed by atoms with E-state index in [0.717, 1.165) is 22.0 Å². The molecule has 1 aromatic heterocycles. The van der Waals surface area contributed by atoms with Crippen molar-refractivity contribution in [3.05, 3.63) is 41.6 Å². The SMILES string of the molecule is CN(C)c1nnc(Cl)c2cc3ccccc3cc12. The number of aromatic nitrogens is 2. The Balaban J connectivity index is 2.48. The molecule has 0 unspecified atom stereocenters. The average molecular weight is 258 g/mol. The van der Waals surface area contributed by atoms with Crippen molar-refractivity contribution in [3.8, 4) is 0 Å². The molecule has 0 saturated carbocycles. The number of anilines is 1. The zero-order chi connectivity index (χ0) is 12.7. The van der Waals surface area contributed by atoms with Gasteiger partial charge in [-0.15, -0.1) is 10.2 Å². The molecule has 0 atom stereocenters. The predicted octanol–water partition coefficient (Wildman–Crippen LogP) is 3.50. The lowest BCUT2D eigenvalue weighted by Crippen LogP contribution is -2.12. The van der Waals surface area contributed by atoms with E-state index in [1.165, 1.54) is 5.39 Å². The third-order valence-electron chi connectivity index (χ3n) is 3.01. The van der Waals surface area contributed by atoms with Crippen molar-refractivity contribution in [1.29, 1.82) is 0 Å². The molecule has 0 aliphatic heterocycles. The van der Waals surface area contributed by atoms with Gasteiger partial charge in [0, 0.05) is 24.9 Å². The number of hydrogen-bond donors (Lipinski definition) is 0. The second kappa shape index (κ2) is 4.10. The van der Waals surface area contributed by atoms with Crippen LogP contribution in [0, 0.1) is 0 Å². The summed E-state index contributed by atoms with van der Waals surface area (Å²) in [6.45, 7) is 0. The maximum atomic E-state index is 6.14. The molecule has 18 heavy (non-hydrogen) atoms. The molecule has 4 heteroatoms. The Morgan fingerprint density at radius 2 is 1.56 bits per heavy atom. The minimum Gasteiger partial charge on any atom is -0.361 e. The summed E-state index contributed by atoms with van der Waals surface area (Å²) in [5.74, 6) is 0.833. The topological polar surface area (TPSA) is 29.0 Å². The van der Waals surface area contributed by atoms with Gasteiger partial charge in [-0.3, -0.25) is 0 Å². The van der Waals surface area contributed by atoms with E-state index < -0.39 is 0 Å². The summed E-state index contributed by atoms with van der Waals surface area (Å²) >= 11 is 6.14. The molecule has 3 aromatic rings. The van der Waals surface area contributed by atoms with Crippen molar-refractivity contribution < 1.29 is 0 Å². The summed E-state index contributed by atoms with van der Waals surface area (Å²) < 4.78 is 0. The van der Waals surface area contributed by atoms with Gasteiger partial charge in [0.15, 0.2) is 11.0 Å². The van der Waals surface area contributed by atoms with Gasteiger partial charge in [0.25, 0.3) is 0 Å². The third-order valence-corrected chi connectivity index (χ3v) is 3.28. The van der Waals surface area contributed by atoms with Crippen LogP contribution in [0.15, 0.2) is 36.4 Å².